The van der Waals surface area contributed by atoms with E-state index >= 15 is 0 Å². The summed E-state index contributed by atoms with van der Waals surface area (Å²) < 4.78 is 18.4. The van der Waals surface area contributed by atoms with Gasteiger partial charge in [0.1, 0.15) is 11.6 Å². The third kappa shape index (κ3) is 2.97. The molecule has 0 bridgehead atoms. The lowest BCUT2D eigenvalue weighted by atomic mass is 10.2. The lowest BCUT2D eigenvalue weighted by Gasteiger charge is -2.08. The van der Waals surface area contributed by atoms with Crippen LogP contribution in [-0.4, -0.2) is 10.1 Å². The zero-order chi connectivity index (χ0) is 13.1. The van der Waals surface area contributed by atoms with Crippen molar-refractivity contribution >= 4 is 11.6 Å². The Labute approximate surface area is 109 Å². The van der Waals surface area contributed by atoms with Crippen LogP contribution in [0.5, 0.6) is 11.6 Å². The van der Waals surface area contributed by atoms with E-state index in [1.54, 1.807) is 19.1 Å². The molecule has 0 aliphatic rings. The lowest BCUT2D eigenvalue weighted by molar-refractivity contribution is 0.198. The van der Waals surface area contributed by atoms with Gasteiger partial charge in [-0.1, -0.05) is 11.6 Å². The van der Waals surface area contributed by atoms with Crippen molar-refractivity contribution < 1.29 is 14.2 Å². The first-order valence-corrected chi connectivity index (χ1v) is 5.71. The van der Waals surface area contributed by atoms with E-state index in [9.17, 15) is 9.50 Å². The number of hydrogen-bond acceptors (Lipinski definition) is 3. The van der Waals surface area contributed by atoms with Gasteiger partial charge in [0.05, 0.1) is 11.1 Å². The van der Waals surface area contributed by atoms with Gasteiger partial charge in [0, 0.05) is 18.3 Å². The van der Waals surface area contributed by atoms with Gasteiger partial charge >= 0.3 is 0 Å². The first-order chi connectivity index (χ1) is 8.56. The van der Waals surface area contributed by atoms with E-state index < -0.39 is 11.9 Å². The highest BCUT2D eigenvalue weighted by atomic mass is 35.5. The van der Waals surface area contributed by atoms with Gasteiger partial charge < -0.3 is 9.84 Å². The molecule has 94 valence electrons. The fourth-order valence-corrected chi connectivity index (χ4v) is 1.57. The van der Waals surface area contributed by atoms with Gasteiger partial charge in [-0.3, -0.25) is 0 Å². The van der Waals surface area contributed by atoms with Crippen molar-refractivity contribution in [1.29, 1.82) is 0 Å². The second-order valence-electron chi connectivity index (χ2n) is 3.78. The van der Waals surface area contributed by atoms with Crippen molar-refractivity contribution in [2.24, 2.45) is 0 Å². The van der Waals surface area contributed by atoms with Gasteiger partial charge in [0.2, 0.25) is 5.88 Å². The Kier molecular flexibility index (Phi) is 3.79. The van der Waals surface area contributed by atoms with E-state index in [0.29, 0.717) is 17.2 Å². The van der Waals surface area contributed by atoms with E-state index in [1.165, 1.54) is 24.4 Å². The molecular weight excluding hydrogens is 257 g/mol. The van der Waals surface area contributed by atoms with Gasteiger partial charge in [-0.2, -0.15) is 0 Å². The minimum Gasteiger partial charge on any atom is -0.439 e. The van der Waals surface area contributed by atoms with E-state index in [0.717, 1.165) is 0 Å². The number of hydrogen-bond donors (Lipinski definition) is 1. The van der Waals surface area contributed by atoms with Crippen molar-refractivity contribution in [1.82, 2.24) is 4.98 Å². The molecule has 0 spiro atoms. The van der Waals surface area contributed by atoms with Gasteiger partial charge in [-0.25, -0.2) is 9.37 Å². The molecule has 1 unspecified atom stereocenters. The molecule has 1 heterocycles. The number of rotatable bonds is 3. The van der Waals surface area contributed by atoms with Gasteiger partial charge in [-0.05, 0) is 30.7 Å². The van der Waals surface area contributed by atoms with Crippen molar-refractivity contribution in [3.8, 4) is 11.6 Å². The second kappa shape index (κ2) is 5.33. The van der Waals surface area contributed by atoms with Crippen LogP contribution in [0.2, 0.25) is 5.02 Å². The predicted molar refractivity (Wildman–Crippen MR) is 66.4 cm³/mol. The molecule has 0 aliphatic carbocycles. The Morgan fingerprint density at radius 1 is 1.33 bits per heavy atom. The minimum atomic E-state index is -0.604. The molecular formula is C13H11ClFNO2. The predicted octanol–water partition coefficient (Wildman–Crippen LogP) is 3.72. The van der Waals surface area contributed by atoms with Crippen LogP contribution in [0.1, 0.15) is 18.6 Å². The first kappa shape index (κ1) is 12.8. The zero-order valence-electron chi connectivity index (χ0n) is 9.60. The van der Waals surface area contributed by atoms with E-state index in [1.807, 2.05) is 0 Å². The third-order valence-corrected chi connectivity index (χ3v) is 2.64. The topological polar surface area (TPSA) is 42.4 Å². The molecule has 2 aromatic rings. The van der Waals surface area contributed by atoms with Crippen molar-refractivity contribution in [2.45, 2.75) is 13.0 Å². The van der Waals surface area contributed by atoms with Crippen LogP contribution >= 0.6 is 11.6 Å². The summed E-state index contributed by atoms with van der Waals surface area (Å²) in [5, 5.41) is 9.43. The Morgan fingerprint density at radius 3 is 2.78 bits per heavy atom. The number of halogens is 2. The van der Waals surface area contributed by atoms with Crippen molar-refractivity contribution in [2.75, 3.05) is 0 Å². The average molecular weight is 268 g/mol. The number of aliphatic hydroxyl groups excluding tert-OH is 1. The molecule has 1 N–H and O–H groups in total. The highest BCUT2D eigenvalue weighted by Crippen LogP contribution is 2.26. The smallest absolute Gasteiger partial charge is 0.219 e. The largest absolute Gasteiger partial charge is 0.439 e. The standard InChI is InChI=1S/C13H11ClFNO2/c1-8(17)9-4-5-16-13(6-9)18-10-2-3-12(15)11(14)7-10/h2-8,17H,1H3. The maximum atomic E-state index is 13.0. The Hall–Kier alpha value is -1.65. The first-order valence-electron chi connectivity index (χ1n) is 5.33. The maximum Gasteiger partial charge on any atom is 0.219 e. The number of benzene rings is 1. The van der Waals surface area contributed by atoms with Crippen molar-refractivity contribution in [3.05, 3.63) is 52.9 Å². The molecule has 0 radical (unpaired) electrons. The van der Waals surface area contributed by atoms with Crippen LogP contribution in [-0.2, 0) is 0 Å². The monoisotopic (exact) mass is 267 g/mol. The minimum absolute atomic E-state index is 0.0146. The number of ether oxygens (including phenoxy) is 1. The van der Waals surface area contributed by atoms with Gasteiger partial charge in [0.25, 0.3) is 0 Å². The molecule has 0 saturated heterocycles. The molecule has 5 heteroatoms. The maximum absolute atomic E-state index is 13.0. The summed E-state index contributed by atoms with van der Waals surface area (Å²) in [6, 6.07) is 7.35. The molecule has 1 aromatic carbocycles. The summed E-state index contributed by atoms with van der Waals surface area (Å²) in [4.78, 5) is 4.00. The van der Waals surface area contributed by atoms with Crippen LogP contribution in [0.4, 0.5) is 4.39 Å². The van der Waals surface area contributed by atoms with Gasteiger partial charge in [-0.15, -0.1) is 0 Å². The number of aliphatic hydroxyl groups is 1. The normalized spacial score (nSPS) is 12.2. The molecule has 1 atom stereocenters. The SMILES string of the molecule is CC(O)c1ccnc(Oc2ccc(F)c(Cl)c2)c1. The molecule has 0 fully saturated rings. The Balaban J connectivity index is 2.23. The summed E-state index contributed by atoms with van der Waals surface area (Å²) in [7, 11) is 0. The highest BCUT2D eigenvalue weighted by molar-refractivity contribution is 6.30. The Bertz CT molecular complexity index is 560. The van der Waals surface area contributed by atoms with Crippen LogP contribution in [0.25, 0.3) is 0 Å². The van der Waals surface area contributed by atoms with Crippen LogP contribution < -0.4 is 4.74 Å². The van der Waals surface area contributed by atoms with E-state index in [4.69, 9.17) is 16.3 Å². The van der Waals surface area contributed by atoms with Crippen LogP contribution in [0.15, 0.2) is 36.5 Å². The molecule has 3 nitrogen and oxygen atoms in total. The number of nitrogens with zero attached hydrogens (tertiary/aromatic N) is 1. The van der Waals surface area contributed by atoms with E-state index in [-0.39, 0.29) is 5.02 Å². The average Bonchev–Trinajstić information content (AvgIpc) is 2.34. The van der Waals surface area contributed by atoms with Crippen molar-refractivity contribution in [3.63, 3.8) is 0 Å². The molecule has 0 amide bonds. The second-order valence-corrected chi connectivity index (χ2v) is 4.19. The van der Waals surface area contributed by atoms with Crippen LogP contribution in [0, 0.1) is 5.82 Å². The van der Waals surface area contributed by atoms with Crippen LogP contribution in [0.3, 0.4) is 0 Å². The zero-order valence-corrected chi connectivity index (χ0v) is 10.4. The fraction of sp³-hybridized carbons (Fsp3) is 0.154. The quantitative estimate of drug-likeness (QED) is 0.922. The van der Waals surface area contributed by atoms with E-state index in [2.05, 4.69) is 4.98 Å². The fourth-order valence-electron chi connectivity index (χ4n) is 1.40. The summed E-state index contributed by atoms with van der Waals surface area (Å²) in [6.45, 7) is 1.65. The lowest BCUT2D eigenvalue weighted by Crippen LogP contribution is -1.94. The number of aromatic nitrogens is 1. The molecule has 2 rings (SSSR count). The molecule has 0 saturated carbocycles. The summed E-state index contributed by atoms with van der Waals surface area (Å²) >= 11 is 5.65. The number of pyridine rings is 1. The third-order valence-electron chi connectivity index (χ3n) is 2.35. The molecule has 18 heavy (non-hydrogen) atoms. The molecule has 0 aliphatic heterocycles. The highest BCUT2D eigenvalue weighted by Gasteiger charge is 2.06. The summed E-state index contributed by atoms with van der Waals surface area (Å²) in [6.07, 6.45) is 0.926. The Morgan fingerprint density at radius 2 is 2.11 bits per heavy atom. The molecule has 1 aromatic heterocycles. The summed E-state index contributed by atoms with van der Waals surface area (Å²) in [5.74, 6) is 0.197. The summed E-state index contributed by atoms with van der Waals surface area (Å²) in [5.41, 5.74) is 0.688. The van der Waals surface area contributed by atoms with Gasteiger partial charge in [0.15, 0.2) is 0 Å².